The van der Waals surface area contributed by atoms with Crippen LogP contribution in [-0.4, -0.2) is 5.78 Å². The van der Waals surface area contributed by atoms with Gasteiger partial charge in [-0.25, -0.2) is 4.39 Å². The Kier molecular flexibility index (Phi) is 5.13. The van der Waals surface area contributed by atoms with E-state index < -0.39 is 0 Å². The fourth-order valence-electron chi connectivity index (χ4n) is 1.67. The van der Waals surface area contributed by atoms with Crippen molar-refractivity contribution in [2.45, 2.75) is 33.1 Å². The van der Waals surface area contributed by atoms with Crippen LogP contribution in [0.3, 0.4) is 0 Å². The van der Waals surface area contributed by atoms with E-state index >= 15 is 0 Å². The van der Waals surface area contributed by atoms with Gasteiger partial charge < -0.3 is 0 Å². The first-order valence-electron chi connectivity index (χ1n) is 5.56. The Bertz CT molecular complexity index is 352. The Morgan fingerprint density at radius 3 is 2.44 bits per heavy atom. The molecule has 0 aliphatic heterocycles. The Labute approximate surface area is 104 Å². The van der Waals surface area contributed by atoms with Crippen molar-refractivity contribution in [3.8, 4) is 0 Å². The molecular formula is C13H16BrFO. The van der Waals surface area contributed by atoms with Crippen molar-refractivity contribution < 1.29 is 9.18 Å². The summed E-state index contributed by atoms with van der Waals surface area (Å²) in [6.45, 7) is 4.14. The van der Waals surface area contributed by atoms with E-state index in [1.54, 1.807) is 6.07 Å². The van der Waals surface area contributed by atoms with E-state index in [4.69, 9.17) is 0 Å². The number of carbonyl (C=O) groups is 1. The lowest BCUT2D eigenvalue weighted by molar-refractivity contribution is 0.0958. The maximum Gasteiger partial charge on any atom is 0.163 e. The summed E-state index contributed by atoms with van der Waals surface area (Å²) < 4.78 is 13.7. The van der Waals surface area contributed by atoms with Crippen molar-refractivity contribution in [1.29, 1.82) is 0 Å². The first-order valence-corrected chi connectivity index (χ1v) is 6.35. The van der Waals surface area contributed by atoms with Gasteiger partial charge >= 0.3 is 0 Å². The Balaban J connectivity index is 2.80. The molecule has 0 fully saturated rings. The van der Waals surface area contributed by atoms with Crippen LogP contribution in [0.15, 0.2) is 22.7 Å². The summed E-state index contributed by atoms with van der Waals surface area (Å²) in [4.78, 5) is 11.9. The molecule has 0 heterocycles. The normalized spacial score (nSPS) is 10.8. The number of halogens is 2. The van der Waals surface area contributed by atoms with Gasteiger partial charge in [0.15, 0.2) is 5.78 Å². The zero-order chi connectivity index (χ0) is 12.1. The van der Waals surface area contributed by atoms with Crippen LogP contribution < -0.4 is 0 Å². The van der Waals surface area contributed by atoms with Crippen molar-refractivity contribution in [3.05, 3.63) is 34.1 Å². The minimum atomic E-state index is -0.373. The van der Waals surface area contributed by atoms with Gasteiger partial charge in [-0.15, -0.1) is 0 Å². The summed E-state index contributed by atoms with van der Waals surface area (Å²) in [6.07, 6.45) is 2.47. The van der Waals surface area contributed by atoms with Gasteiger partial charge in [0.1, 0.15) is 5.82 Å². The molecule has 0 aliphatic rings. The molecule has 0 saturated heterocycles. The number of hydrogen-bond donors (Lipinski definition) is 0. The second-order valence-corrected chi connectivity index (χ2v) is 4.88. The van der Waals surface area contributed by atoms with Gasteiger partial charge in [0.25, 0.3) is 0 Å². The molecule has 88 valence electrons. The summed E-state index contributed by atoms with van der Waals surface area (Å²) in [7, 11) is 0. The Hall–Kier alpha value is -0.700. The molecular weight excluding hydrogens is 271 g/mol. The maximum absolute atomic E-state index is 13.1. The molecule has 0 atom stereocenters. The highest BCUT2D eigenvalue weighted by Gasteiger charge is 2.13. The van der Waals surface area contributed by atoms with Gasteiger partial charge in [-0.1, -0.05) is 42.6 Å². The molecule has 0 aromatic heterocycles. The SMILES string of the molecule is CCC(CC)CC(=O)c1cc(F)cc(Br)c1. The van der Waals surface area contributed by atoms with Crippen molar-refractivity contribution in [2.75, 3.05) is 0 Å². The molecule has 0 unspecified atom stereocenters. The van der Waals surface area contributed by atoms with E-state index in [-0.39, 0.29) is 11.6 Å². The third-order valence-electron chi connectivity index (χ3n) is 2.81. The zero-order valence-corrected chi connectivity index (χ0v) is 11.2. The number of Topliss-reactive ketones (excluding diaryl/α,β-unsaturated/α-hetero) is 1. The van der Waals surface area contributed by atoms with Crippen LogP contribution in [0.1, 0.15) is 43.5 Å². The minimum Gasteiger partial charge on any atom is -0.294 e. The van der Waals surface area contributed by atoms with Gasteiger partial charge in [0.05, 0.1) is 0 Å². The van der Waals surface area contributed by atoms with E-state index in [1.807, 2.05) is 0 Å². The smallest absolute Gasteiger partial charge is 0.163 e. The highest BCUT2D eigenvalue weighted by Crippen LogP contribution is 2.20. The molecule has 0 bridgehead atoms. The highest BCUT2D eigenvalue weighted by atomic mass is 79.9. The van der Waals surface area contributed by atoms with Gasteiger partial charge in [-0.3, -0.25) is 4.79 Å². The number of rotatable bonds is 5. The van der Waals surface area contributed by atoms with Crippen LogP contribution in [0.4, 0.5) is 4.39 Å². The number of hydrogen-bond acceptors (Lipinski definition) is 1. The number of benzene rings is 1. The molecule has 1 aromatic carbocycles. The van der Waals surface area contributed by atoms with Crippen molar-refractivity contribution >= 4 is 21.7 Å². The predicted molar refractivity (Wildman–Crippen MR) is 67.1 cm³/mol. The molecule has 16 heavy (non-hydrogen) atoms. The lowest BCUT2D eigenvalue weighted by Crippen LogP contribution is -2.07. The van der Waals surface area contributed by atoms with Gasteiger partial charge in [-0.2, -0.15) is 0 Å². The first kappa shape index (κ1) is 13.4. The zero-order valence-electron chi connectivity index (χ0n) is 9.59. The average molecular weight is 287 g/mol. The molecule has 0 saturated carbocycles. The van der Waals surface area contributed by atoms with E-state index in [1.165, 1.54) is 12.1 Å². The van der Waals surface area contributed by atoms with E-state index in [0.29, 0.717) is 22.4 Å². The van der Waals surface area contributed by atoms with Gasteiger partial charge in [-0.05, 0) is 24.1 Å². The number of ketones is 1. The molecule has 0 radical (unpaired) electrons. The Morgan fingerprint density at radius 1 is 1.31 bits per heavy atom. The lowest BCUT2D eigenvalue weighted by atomic mass is 9.94. The topological polar surface area (TPSA) is 17.1 Å². The van der Waals surface area contributed by atoms with Gasteiger partial charge in [0.2, 0.25) is 0 Å². The van der Waals surface area contributed by atoms with E-state index in [9.17, 15) is 9.18 Å². The van der Waals surface area contributed by atoms with Crippen molar-refractivity contribution in [1.82, 2.24) is 0 Å². The summed E-state index contributed by atoms with van der Waals surface area (Å²) in [5.41, 5.74) is 0.457. The third kappa shape index (κ3) is 3.71. The molecule has 0 N–H and O–H groups in total. The van der Waals surface area contributed by atoms with Crippen LogP contribution in [0, 0.1) is 11.7 Å². The molecule has 1 nitrogen and oxygen atoms in total. The second-order valence-electron chi connectivity index (χ2n) is 3.97. The molecule has 0 aliphatic carbocycles. The molecule has 0 spiro atoms. The van der Waals surface area contributed by atoms with Gasteiger partial charge in [0, 0.05) is 16.5 Å². The predicted octanol–water partition coefficient (Wildman–Crippen LogP) is 4.60. The van der Waals surface area contributed by atoms with Crippen LogP contribution in [0.25, 0.3) is 0 Å². The van der Waals surface area contributed by atoms with Crippen LogP contribution in [0.5, 0.6) is 0 Å². The number of carbonyl (C=O) groups excluding carboxylic acids is 1. The average Bonchev–Trinajstić information content (AvgIpc) is 2.24. The standard InChI is InChI=1S/C13H16BrFO/c1-3-9(4-2)5-13(16)10-6-11(14)8-12(15)7-10/h6-9H,3-5H2,1-2H3. The van der Waals surface area contributed by atoms with E-state index in [2.05, 4.69) is 29.8 Å². The van der Waals surface area contributed by atoms with Crippen LogP contribution >= 0.6 is 15.9 Å². The van der Waals surface area contributed by atoms with Crippen molar-refractivity contribution in [3.63, 3.8) is 0 Å². The second kappa shape index (κ2) is 6.14. The van der Waals surface area contributed by atoms with Crippen LogP contribution in [0.2, 0.25) is 0 Å². The summed E-state index contributed by atoms with van der Waals surface area (Å²) in [5, 5.41) is 0. The first-order chi connectivity index (χ1) is 7.56. The molecule has 3 heteroatoms. The van der Waals surface area contributed by atoms with Crippen LogP contribution in [-0.2, 0) is 0 Å². The summed E-state index contributed by atoms with van der Waals surface area (Å²) in [5.74, 6) is 0.0470. The van der Waals surface area contributed by atoms with E-state index in [0.717, 1.165) is 12.8 Å². The minimum absolute atomic E-state index is 0.0221. The Morgan fingerprint density at radius 2 is 1.94 bits per heavy atom. The summed E-state index contributed by atoms with van der Waals surface area (Å²) >= 11 is 3.19. The quantitative estimate of drug-likeness (QED) is 0.723. The largest absolute Gasteiger partial charge is 0.294 e. The fourth-order valence-corrected chi connectivity index (χ4v) is 2.14. The third-order valence-corrected chi connectivity index (χ3v) is 3.27. The molecule has 1 aromatic rings. The summed E-state index contributed by atoms with van der Waals surface area (Å²) in [6, 6.07) is 4.33. The highest BCUT2D eigenvalue weighted by molar-refractivity contribution is 9.10. The molecule has 1 rings (SSSR count). The maximum atomic E-state index is 13.1. The van der Waals surface area contributed by atoms with Crippen molar-refractivity contribution in [2.24, 2.45) is 5.92 Å². The molecule has 0 amide bonds. The lowest BCUT2D eigenvalue weighted by Gasteiger charge is -2.11. The fraction of sp³-hybridized carbons (Fsp3) is 0.462. The monoisotopic (exact) mass is 286 g/mol.